The van der Waals surface area contributed by atoms with Crippen molar-refractivity contribution in [2.45, 2.75) is 37.8 Å². The summed E-state index contributed by atoms with van der Waals surface area (Å²) in [5.41, 5.74) is 1.59. The molecule has 4 heteroatoms. The van der Waals surface area contributed by atoms with Crippen LogP contribution in [0.15, 0.2) is 22.9 Å². The standard InChI is InChI=1S/C14H22BrN3/c1-18(2)14(5-3-4-6-14)11-17-9-12-7-13(15)10-16-8-12/h7-8,10,17H,3-6,9,11H2,1-2H3. The molecule has 1 aliphatic carbocycles. The van der Waals surface area contributed by atoms with E-state index in [1.165, 1.54) is 31.2 Å². The van der Waals surface area contributed by atoms with Crippen molar-refractivity contribution in [2.24, 2.45) is 0 Å². The molecule has 0 aliphatic heterocycles. The molecular formula is C14H22BrN3. The highest BCUT2D eigenvalue weighted by molar-refractivity contribution is 9.10. The van der Waals surface area contributed by atoms with Gasteiger partial charge >= 0.3 is 0 Å². The highest BCUT2D eigenvalue weighted by atomic mass is 79.9. The van der Waals surface area contributed by atoms with Gasteiger partial charge < -0.3 is 10.2 Å². The van der Waals surface area contributed by atoms with E-state index in [2.05, 4.69) is 51.3 Å². The van der Waals surface area contributed by atoms with Crippen LogP contribution in [-0.4, -0.2) is 36.1 Å². The van der Waals surface area contributed by atoms with Gasteiger partial charge in [-0.1, -0.05) is 12.8 Å². The molecule has 1 aliphatic rings. The van der Waals surface area contributed by atoms with Crippen LogP contribution in [0.25, 0.3) is 0 Å². The lowest BCUT2D eigenvalue weighted by atomic mass is 9.96. The summed E-state index contributed by atoms with van der Waals surface area (Å²) in [6.07, 6.45) is 9.08. The van der Waals surface area contributed by atoms with Crippen molar-refractivity contribution >= 4 is 15.9 Å². The number of nitrogens with zero attached hydrogens (tertiary/aromatic N) is 2. The Morgan fingerprint density at radius 3 is 2.67 bits per heavy atom. The number of aromatic nitrogens is 1. The number of rotatable bonds is 5. The zero-order chi connectivity index (χ0) is 13.0. The Labute approximate surface area is 118 Å². The maximum atomic E-state index is 4.19. The molecular weight excluding hydrogens is 290 g/mol. The van der Waals surface area contributed by atoms with Crippen LogP contribution in [-0.2, 0) is 6.54 Å². The van der Waals surface area contributed by atoms with Crippen LogP contribution in [0, 0.1) is 0 Å². The summed E-state index contributed by atoms with van der Waals surface area (Å²) >= 11 is 3.46. The van der Waals surface area contributed by atoms with Crippen molar-refractivity contribution in [3.63, 3.8) is 0 Å². The highest BCUT2D eigenvalue weighted by Gasteiger charge is 2.35. The van der Waals surface area contributed by atoms with Crippen LogP contribution in [0.5, 0.6) is 0 Å². The first kappa shape index (κ1) is 14.0. The lowest BCUT2D eigenvalue weighted by Crippen LogP contribution is -2.49. The monoisotopic (exact) mass is 311 g/mol. The lowest BCUT2D eigenvalue weighted by molar-refractivity contribution is 0.153. The number of likely N-dealkylation sites (N-methyl/N-ethyl adjacent to an activating group) is 1. The van der Waals surface area contributed by atoms with Crippen molar-refractivity contribution in [3.05, 3.63) is 28.5 Å². The van der Waals surface area contributed by atoms with E-state index in [4.69, 9.17) is 0 Å². The average Bonchev–Trinajstić information content (AvgIpc) is 2.79. The van der Waals surface area contributed by atoms with E-state index in [0.29, 0.717) is 5.54 Å². The van der Waals surface area contributed by atoms with Gasteiger partial charge in [0.25, 0.3) is 0 Å². The molecule has 3 nitrogen and oxygen atoms in total. The minimum absolute atomic E-state index is 0.361. The smallest absolute Gasteiger partial charge is 0.0410 e. The topological polar surface area (TPSA) is 28.2 Å². The van der Waals surface area contributed by atoms with Gasteiger partial charge in [0.2, 0.25) is 0 Å². The van der Waals surface area contributed by atoms with Gasteiger partial charge in [-0.2, -0.15) is 0 Å². The molecule has 18 heavy (non-hydrogen) atoms. The second-order valence-corrected chi connectivity index (χ2v) is 6.36. The Hall–Kier alpha value is -0.450. The fourth-order valence-electron chi connectivity index (χ4n) is 2.81. The molecule has 0 unspecified atom stereocenters. The Balaban J connectivity index is 1.87. The van der Waals surface area contributed by atoms with Crippen LogP contribution >= 0.6 is 15.9 Å². The second-order valence-electron chi connectivity index (χ2n) is 5.44. The van der Waals surface area contributed by atoms with Gasteiger partial charge in [-0.05, 0) is 54.5 Å². The zero-order valence-electron chi connectivity index (χ0n) is 11.2. The van der Waals surface area contributed by atoms with Crippen molar-refractivity contribution in [1.29, 1.82) is 0 Å². The molecule has 2 rings (SSSR count). The second kappa shape index (κ2) is 6.13. The summed E-state index contributed by atoms with van der Waals surface area (Å²) in [5.74, 6) is 0. The molecule has 0 aromatic carbocycles. The van der Waals surface area contributed by atoms with Crippen molar-refractivity contribution in [1.82, 2.24) is 15.2 Å². The summed E-state index contributed by atoms with van der Waals surface area (Å²) in [4.78, 5) is 6.58. The summed E-state index contributed by atoms with van der Waals surface area (Å²) < 4.78 is 1.05. The van der Waals surface area contributed by atoms with Crippen LogP contribution in [0.1, 0.15) is 31.2 Å². The van der Waals surface area contributed by atoms with Gasteiger partial charge in [0.15, 0.2) is 0 Å². The van der Waals surface area contributed by atoms with Crippen LogP contribution < -0.4 is 5.32 Å². The van der Waals surface area contributed by atoms with Gasteiger partial charge in [0, 0.05) is 35.5 Å². The van der Waals surface area contributed by atoms with Crippen molar-refractivity contribution in [2.75, 3.05) is 20.6 Å². The van der Waals surface area contributed by atoms with E-state index in [0.717, 1.165) is 17.6 Å². The molecule has 1 saturated carbocycles. The third-order valence-corrected chi connectivity index (χ3v) is 4.46. The SMILES string of the molecule is CN(C)C1(CNCc2cncc(Br)c2)CCCC1. The first-order valence-corrected chi connectivity index (χ1v) is 7.39. The summed E-state index contributed by atoms with van der Waals surface area (Å²) in [6.45, 7) is 1.95. The molecule has 0 bridgehead atoms. The third kappa shape index (κ3) is 3.31. The molecule has 0 saturated heterocycles. The fourth-order valence-corrected chi connectivity index (χ4v) is 3.22. The van der Waals surface area contributed by atoms with E-state index < -0.39 is 0 Å². The minimum Gasteiger partial charge on any atom is -0.311 e. The van der Waals surface area contributed by atoms with Gasteiger partial charge in [-0.25, -0.2) is 0 Å². The molecule has 0 amide bonds. The predicted molar refractivity (Wildman–Crippen MR) is 78.5 cm³/mol. The van der Waals surface area contributed by atoms with Crippen molar-refractivity contribution < 1.29 is 0 Å². The van der Waals surface area contributed by atoms with Gasteiger partial charge in [-0.3, -0.25) is 4.98 Å². The number of hydrogen-bond donors (Lipinski definition) is 1. The maximum absolute atomic E-state index is 4.19. The average molecular weight is 312 g/mol. The highest BCUT2D eigenvalue weighted by Crippen LogP contribution is 2.33. The molecule has 1 N–H and O–H groups in total. The third-order valence-electron chi connectivity index (χ3n) is 4.03. The Bertz CT molecular complexity index is 386. The van der Waals surface area contributed by atoms with Crippen LogP contribution in [0.2, 0.25) is 0 Å². The van der Waals surface area contributed by atoms with E-state index in [1.54, 1.807) is 0 Å². The van der Waals surface area contributed by atoms with Crippen molar-refractivity contribution in [3.8, 4) is 0 Å². The van der Waals surface area contributed by atoms with Crippen LogP contribution in [0.3, 0.4) is 0 Å². The van der Waals surface area contributed by atoms with E-state index in [-0.39, 0.29) is 0 Å². The Kier molecular flexibility index (Phi) is 4.76. The zero-order valence-corrected chi connectivity index (χ0v) is 12.8. The fraction of sp³-hybridized carbons (Fsp3) is 0.643. The Morgan fingerprint density at radius 2 is 2.06 bits per heavy atom. The number of nitrogens with one attached hydrogen (secondary N) is 1. The summed E-state index contributed by atoms with van der Waals surface area (Å²) in [7, 11) is 4.40. The van der Waals surface area contributed by atoms with Crippen LogP contribution in [0.4, 0.5) is 0 Å². The van der Waals surface area contributed by atoms with E-state index in [9.17, 15) is 0 Å². The summed E-state index contributed by atoms with van der Waals surface area (Å²) in [6, 6.07) is 2.12. The van der Waals surface area contributed by atoms with Gasteiger partial charge in [0.05, 0.1) is 0 Å². The molecule has 1 aromatic rings. The normalized spacial score (nSPS) is 18.4. The molecule has 1 aromatic heterocycles. The molecule has 100 valence electrons. The number of pyridine rings is 1. The molecule has 0 atom stereocenters. The molecule has 1 fully saturated rings. The first-order valence-electron chi connectivity index (χ1n) is 6.60. The predicted octanol–water partition coefficient (Wildman–Crippen LogP) is 2.81. The number of halogens is 1. The molecule has 0 radical (unpaired) electrons. The van der Waals surface area contributed by atoms with Gasteiger partial charge in [-0.15, -0.1) is 0 Å². The quantitative estimate of drug-likeness (QED) is 0.906. The maximum Gasteiger partial charge on any atom is 0.0410 e. The Morgan fingerprint density at radius 1 is 1.33 bits per heavy atom. The lowest BCUT2D eigenvalue weighted by Gasteiger charge is -2.36. The minimum atomic E-state index is 0.361. The van der Waals surface area contributed by atoms with E-state index in [1.807, 2.05) is 12.4 Å². The number of hydrogen-bond acceptors (Lipinski definition) is 3. The molecule has 0 spiro atoms. The molecule has 1 heterocycles. The summed E-state index contributed by atoms with van der Waals surface area (Å²) in [5, 5.41) is 3.59. The van der Waals surface area contributed by atoms with E-state index >= 15 is 0 Å². The first-order chi connectivity index (χ1) is 8.62. The van der Waals surface area contributed by atoms with Gasteiger partial charge in [0.1, 0.15) is 0 Å². The largest absolute Gasteiger partial charge is 0.311 e.